The van der Waals surface area contributed by atoms with Gasteiger partial charge in [0.15, 0.2) is 0 Å². The zero-order chi connectivity index (χ0) is 13.2. The lowest BCUT2D eigenvalue weighted by molar-refractivity contribution is -0.127. The molecule has 0 saturated heterocycles. The monoisotopic (exact) mass is 262 g/mol. The second kappa shape index (κ2) is 5.66. The molecule has 3 nitrogen and oxygen atoms in total. The number of rotatable bonds is 4. The molecule has 0 aromatic rings. The molecule has 2 saturated carbocycles. The number of fused-ring (bicyclic) bond motifs is 2. The summed E-state index contributed by atoms with van der Waals surface area (Å²) in [5.74, 6) is 1.49. The van der Waals surface area contributed by atoms with Gasteiger partial charge >= 0.3 is 0 Å². The zero-order valence-corrected chi connectivity index (χ0v) is 11.7. The number of nitrogens with one attached hydrogen (secondary N) is 1. The molecule has 3 heteroatoms. The predicted molar refractivity (Wildman–Crippen MR) is 76.5 cm³/mol. The molecule has 2 fully saturated rings. The minimum absolute atomic E-state index is 0.0964. The molecule has 3 aliphatic rings. The van der Waals surface area contributed by atoms with Crippen LogP contribution in [-0.4, -0.2) is 18.5 Å². The van der Waals surface area contributed by atoms with E-state index in [1.54, 1.807) is 0 Å². The van der Waals surface area contributed by atoms with Crippen molar-refractivity contribution in [1.82, 2.24) is 5.32 Å². The summed E-state index contributed by atoms with van der Waals surface area (Å²) in [6, 6.07) is 0.118. The molecule has 2 bridgehead atoms. The molecule has 0 radical (unpaired) electrons. The van der Waals surface area contributed by atoms with Gasteiger partial charge in [-0.15, -0.1) is 0 Å². The van der Waals surface area contributed by atoms with Gasteiger partial charge in [0, 0.05) is 12.6 Å². The van der Waals surface area contributed by atoms with Gasteiger partial charge in [-0.2, -0.15) is 0 Å². The van der Waals surface area contributed by atoms with E-state index in [1.165, 1.54) is 50.5 Å². The zero-order valence-electron chi connectivity index (χ0n) is 11.7. The van der Waals surface area contributed by atoms with Gasteiger partial charge in [0.25, 0.3) is 0 Å². The molecule has 1 amide bonds. The van der Waals surface area contributed by atoms with Gasteiger partial charge in [-0.05, 0) is 63.2 Å². The van der Waals surface area contributed by atoms with Gasteiger partial charge in [0.2, 0.25) is 5.91 Å². The first-order valence-electron chi connectivity index (χ1n) is 7.97. The van der Waals surface area contributed by atoms with Crippen LogP contribution in [0.1, 0.15) is 51.4 Å². The highest BCUT2D eigenvalue weighted by Gasteiger charge is 2.48. The number of hydrogen-bond donors (Lipinski definition) is 2. The fourth-order valence-corrected chi connectivity index (χ4v) is 4.32. The van der Waals surface area contributed by atoms with Crippen molar-refractivity contribution in [3.05, 3.63) is 11.6 Å². The van der Waals surface area contributed by atoms with Crippen LogP contribution in [0.4, 0.5) is 0 Å². The Morgan fingerprint density at radius 1 is 1.32 bits per heavy atom. The second-order valence-corrected chi connectivity index (χ2v) is 6.59. The summed E-state index contributed by atoms with van der Waals surface area (Å²) in [6.45, 7) is 0.797. The Kier molecular flexibility index (Phi) is 3.92. The van der Waals surface area contributed by atoms with Crippen molar-refractivity contribution in [3.8, 4) is 0 Å². The van der Waals surface area contributed by atoms with Crippen molar-refractivity contribution < 1.29 is 4.79 Å². The van der Waals surface area contributed by atoms with Crippen molar-refractivity contribution >= 4 is 5.91 Å². The van der Waals surface area contributed by atoms with Crippen molar-refractivity contribution in [2.45, 2.75) is 57.4 Å². The molecule has 3 rings (SSSR count). The molecule has 0 aliphatic heterocycles. The molecule has 106 valence electrons. The highest BCUT2D eigenvalue weighted by molar-refractivity contribution is 5.80. The molecule has 3 aliphatic carbocycles. The van der Waals surface area contributed by atoms with Crippen molar-refractivity contribution in [3.63, 3.8) is 0 Å². The van der Waals surface area contributed by atoms with Crippen LogP contribution in [0.2, 0.25) is 0 Å². The largest absolute Gasteiger partial charge is 0.355 e. The van der Waals surface area contributed by atoms with Crippen LogP contribution in [0.5, 0.6) is 0 Å². The van der Waals surface area contributed by atoms with Crippen molar-refractivity contribution in [2.24, 2.45) is 23.5 Å². The Hall–Kier alpha value is -0.830. The fourth-order valence-electron chi connectivity index (χ4n) is 4.32. The summed E-state index contributed by atoms with van der Waals surface area (Å²) < 4.78 is 0. The van der Waals surface area contributed by atoms with Gasteiger partial charge < -0.3 is 11.1 Å². The number of nitrogens with two attached hydrogens (primary N) is 1. The molecule has 0 heterocycles. The minimum atomic E-state index is 0.0964. The fraction of sp³-hybridized carbons (Fsp3) is 0.812. The van der Waals surface area contributed by atoms with E-state index in [9.17, 15) is 4.79 Å². The molecule has 0 spiro atoms. The highest BCUT2D eigenvalue weighted by atomic mass is 16.1. The minimum Gasteiger partial charge on any atom is -0.355 e. The average Bonchev–Trinajstić information content (AvgIpc) is 3.00. The average molecular weight is 262 g/mol. The second-order valence-electron chi connectivity index (χ2n) is 6.59. The molecule has 0 aromatic heterocycles. The smallest absolute Gasteiger partial charge is 0.224 e. The maximum Gasteiger partial charge on any atom is 0.224 e. The van der Waals surface area contributed by atoms with Crippen LogP contribution in [0.25, 0.3) is 0 Å². The normalized spacial score (nSPS) is 37.2. The SMILES string of the molecule is NC1C2CCC(C2)C1C(=O)NCCC1=CCCCC1. The summed E-state index contributed by atoms with van der Waals surface area (Å²) in [5, 5.41) is 3.13. The van der Waals surface area contributed by atoms with E-state index < -0.39 is 0 Å². The highest BCUT2D eigenvalue weighted by Crippen LogP contribution is 2.47. The van der Waals surface area contributed by atoms with Gasteiger partial charge in [-0.25, -0.2) is 0 Å². The van der Waals surface area contributed by atoms with E-state index in [2.05, 4.69) is 11.4 Å². The van der Waals surface area contributed by atoms with Crippen LogP contribution >= 0.6 is 0 Å². The van der Waals surface area contributed by atoms with Crippen molar-refractivity contribution in [1.29, 1.82) is 0 Å². The van der Waals surface area contributed by atoms with Crippen LogP contribution in [-0.2, 0) is 4.79 Å². The lowest BCUT2D eigenvalue weighted by Crippen LogP contribution is -2.45. The van der Waals surface area contributed by atoms with E-state index >= 15 is 0 Å². The maximum absolute atomic E-state index is 12.3. The molecular formula is C16H26N2O. The van der Waals surface area contributed by atoms with Crippen LogP contribution < -0.4 is 11.1 Å². The van der Waals surface area contributed by atoms with Crippen LogP contribution in [0.3, 0.4) is 0 Å². The van der Waals surface area contributed by atoms with Gasteiger partial charge in [-0.3, -0.25) is 4.79 Å². The van der Waals surface area contributed by atoms with E-state index in [0.717, 1.165) is 13.0 Å². The summed E-state index contributed by atoms with van der Waals surface area (Å²) in [4.78, 5) is 12.3. The van der Waals surface area contributed by atoms with E-state index in [-0.39, 0.29) is 17.9 Å². The third-order valence-corrected chi connectivity index (χ3v) is 5.41. The summed E-state index contributed by atoms with van der Waals surface area (Å²) >= 11 is 0. The quantitative estimate of drug-likeness (QED) is 0.764. The van der Waals surface area contributed by atoms with Gasteiger partial charge in [0.05, 0.1) is 5.92 Å². The van der Waals surface area contributed by atoms with Crippen LogP contribution in [0, 0.1) is 17.8 Å². The third kappa shape index (κ3) is 2.71. The first-order chi connectivity index (χ1) is 9.25. The lowest BCUT2D eigenvalue weighted by Gasteiger charge is -2.27. The standard InChI is InChI=1S/C16H26N2O/c17-15-13-7-6-12(10-13)14(15)16(19)18-9-8-11-4-2-1-3-5-11/h4,12-15H,1-3,5-10,17H2,(H,18,19). The molecule has 19 heavy (non-hydrogen) atoms. The molecule has 4 unspecified atom stereocenters. The molecule has 0 aromatic carbocycles. The molecular weight excluding hydrogens is 236 g/mol. The number of amides is 1. The number of hydrogen-bond acceptors (Lipinski definition) is 2. The Morgan fingerprint density at radius 3 is 2.84 bits per heavy atom. The van der Waals surface area contributed by atoms with Gasteiger partial charge in [-0.1, -0.05) is 11.6 Å². The Morgan fingerprint density at radius 2 is 2.16 bits per heavy atom. The van der Waals surface area contributed by atoms with Crippen molar-refractivity contribution in [2.75, 3.05) is 6.54 Å². The summed E-state index contributed by atoms with van der Waals surface area (Å²) in [5.41, 5.74) is 7.74. The van der Waals surface area contributed by atoms with E-state index in [4.69, 9.17) is 5.73 Å². The lowest BCUT2D eigenvalue weighted by atomic mass is 9.84. The predicted octanol–water partition coefficient (Wildman–Crippen LogP) is 2.37. The number of allylic oxidation sites excluding steroid dienone is 1. The van der Waals surface area contributed by atoms with E-state index in [0.29, 0.717) is 11.8 Å². The Bertz CT molecular complexity index is 375. The third-order valence-electron chi connectivity index (χ3n) is 5.41. The topological polar surface area (TPSA) is 55.1 Å². The Balaban J connectivity index is 1.45. The molecule has 4 atom stereocenters. The van der Waals surface area contributed by atoms with Crippen LogP contribution in [0.15, 0.2) is 11.6 Å². The number of carbonyl (C=O) groups excluding carboxylic acids is 1. The van der Waals surface area contributed by atoms with E-state index in [1.807, 2.05) is 0 Å². The summed E-state index contributed by atoms with van der Waals surface area (Å²) in [6.07, 6.45) is 12.1. The first-order valence-corrected chi connectivity index (χ1v) is 7.97. The number of carbonyl (C=O) groups is 1. The summed E-state index contributed by atoms with van der Waals surface area (Å²) in [7, 11) is 0. The maximum atomic E-state index is 12.3. The van der Waals surface area contributed by atoms with Gasteiger partial charge in [0.1, 0.15) is 0 Å². The Labute approximate surface area is 116 Å². The molecule has 3 N–H and O–H groups in total. The first kappa shape index (κ1) is 13.2.